The molecule has 16 heavy (non-hydrogen) atoms. The molecule has 0 aromatic heterocycles. The summed E-state index contributed by atoms with van der Waals surface area (Å²) < 4.78 is 0.643. The van der Waals surface area contributed by atoms with Crippen LogP contribution in [-0.2, 0) is 6.42 Å². The van der Waals surface area contributed by atoms with Crippen LogP contribution >= 0.6 is 35.7 Å². The molecule has 0 unspecified atom stereocenters. The van der Waals surface area contributed by atoms with Crippen molar-refractivity contribution < 1.29 is 0 Å². The van der Waals surface area contributed by atoms with Gasteiger partial charge in [-0.15, -0.1) is 23.5 Å². The molecule has 2 N–H and O–H groups in total. The average Bonchev–Trinajstić information content (AvgIpc) is 2.80. The molecule has 1 nitrogen and oxygen atoms in total. The van der Waals surface area contributed by atoms with Crippen LogP contribution in [0.1, 0.15) is 22.1 Å². The lowest BCUT2D eigenvalue weighted by Gasteiger charge is -2.09. The van der Waals surface area contributed by atoms with Gasteiger partial charge in [0.2, 0.25) is 0 Å². The van der Waals surface area contributed by atoms with E-state index in [1.54, 1.807) is 0 Å². The summed E-state index contributed by atoms with van der Waals surface area (Å²) in [6.07, 6.45) is 1.77. The summed E-state index contributed by atoms with van der Waals surface area (Å²) in [5, 5.41) is 0. The maximum atomic E-state index is 5.49. The van der Waals surface area contributed by atoms with Gasteiger partial charge in [0.1, 0.15) is 0 Å². The number of benzene rings is 1. The lowest BCUT2D eigenvalue weighted by Crippen LogP contribution is -2.08. The Kier molecular flexibility index (Phi) is 4.55. The largest absolute Gasteiger partial charge is 0.393 e. The zero-order valence-corrected chi connectivity index (χ0v) is 11.5. The minimum atomic E-state index is 0.603. The molecule has 2 rings (SSSR count). The number of hydrogen-bond donors (Lipinski definition) is 1. The molecule has 0 bridgehead atoms. The van der Waals surface area contributed by atoms with Gasteiger partial charge in [0.05, 0.1) is 9.57 Å². The lowest BCUT2D eigenvalue weighted by atomic mass is 10.1. The molecule has 1 aromatic rings. The highest BCUT2D eigenvalue weighted by molar-refractivity contribution is 8.19. The highest BCUT2D eigenvalue weighted by Gasteiger charge is 2.17. The molecule has 86 valence electrons. The number of nitrogens with two attached hydrogens (primary N) is 1. The van der Waals surface area contributed by atoms with E-state index < -0.39 is 0 Å². The summed E-state index contributed by atoms with van der Waals surface area (Å²) >= 11 is 8.96. The molecule has 1 heterocycles. The molecule has 0 amide bonds. The van der Waals surface area contributed by atoms with Crippen LogP contribution in [-0.4, -0.2) is 16.5 Å². The van der Waals surface area contributed by atoms with Gasteiger partial charge in [-0.05, 0) is 17.5 Å². The van der Waals surface area contributed by atoms with Crippen LogP contribution in [0, 0.1) is 0 Å². The summed E-state index contributed by atoms with van der Waals surface area (Å²) in [5.41, 5.74) is 8.25. The van der Waals surface area contributed by atoms with Crippen LogP contribution < -0.4 is 5.73 Å². The Bertz CT molecular complexity index is 355. The van der Waals surface area contributed by atoms with E-state index in [2.05, 4.69) is 24.3 Å². The summed E-state index contributed by atoms with van der Waals surface area (Å²) in [6.45, 7) is 0. The molecule has 0 saturated carbocycles. The Balaban J connectivity index is 1.95. The van der Waals surface area contributed by atoms with Crippen molar-refractivity contribution in [2.75, 3.05) is 11.5 Å². The van der Waals surface area contributed by atoms with Gasteiger partial charge in [-0.2, -0.15) is 0 Å². The monoisotopic (exact) mass is 269 g/mol. The van der Waals surface area contributed by atoms with E-state index in [-0.39, 0.29) is 0 Å². The quantitative estimate of drug-likeness (QED) is 0.848. The Hall–Kier alpha value is -0.190. The third-order valence-electron chi connectivity index (χ3n) is 2.53. The van der Waals surface area contributed by atoms with Crippen molar-refractivity contribution in [2.24, 2.45) is 5.73 Å². The van der Waals surface area contributed by atoms with Crippen LogP contribution in [0.3, 0.4) is 0 Å². The lowest BCUT2D eigenvalue weighted by molar-refractivity contribution is 1.04. The van der Waals surface area contributed by atoms with E-state index in [9.17, 15) is 0 Å². The minimum Gasteiger partial charge on any atom is -0.393 e. The van der Waals surface area contributed by atoms with Crippen LogP contribution in [0.15, 0.2) is 24.3 Å². The van der Waals surface area contributed by atoms with Gasteiger partial charge in [-0.1, -0.05) is 36.5 Å². The molecule has 1 aromatic carbocycles. The van der Waals surface area contributed by atoms with E-state index >= 15 is 0 Å². The molecule has 0 atom stereocenters. The van der Waals surface area contributed by atoms with E-state index in [0.717, 1.165) is 12.8 Å². The van der Waals surface area contributed by atoms with Crippen LogP contribution in [0.4, 0.5) is 0 Å². The fourth-order valence-electron chi connectivity index (χ4n) is 1.66. The number of hydrogen-bond acceptors (Lipinski definition) is 3. The Morgan fingerprint density at radius 3 is 2.44 bits per heavy atom. The Morgan fingerprint density at radius 2 is 1.88 bits per heavy atom. The molecule has 1 saturated heterocycles. The first kappa shape index (κ1) is 12.3. The predicted molar refractivity (Wildman–Crippen MR) is 79.2 cm³/mol. The van der Waals surface area contributed by atoms with Gasteiger partial charge >= 0.3 is 0 Å². The fraction of sp³-hybridized carbons (Fsp3) is 0.417. The van der Waals surface area contributed by atoms with Crippen molar-refractivity contribution in [3.8, 4) is 0 Å². The van der Waals surface area contributed by atoms with E-state index in [1.807, 2.05) is 23.5 Å². The second kappa shape index (κ2) is 5.94. The summed E-state index contributed by atoms with van der Waals surface area (Å²) in [4.78, 5) is 0.603. The zero-order valence-electron chi connectivity index (χ0n) is 9.02. The first-order valence-electron chi connectivity index (χ1n) is 5.36. The second-order valence-electron chi connectivity index (χ2n) is 3.78. The minimum absolute atomic E-state index is 0.603. The van der Waals surface area contributed by atoms with Gasteiger partial charge in [0, 0.05) is 17.9 Å². The van der Waals surface area contributed by atoms with Crippen molar-refractivity contribution in [2.45, 2.75) is 17.4 Å². The van der Waals surface area contributed by atoms with Gasteiger partial charge < -0.3 is 5.73 Å². The van der Waals surface area contributed by atoms with Gasteiger partial charge in [0.15, 0.2) is 0 Å². The standard InChI is InChI=1S/C12H15NS3/c13-11(14)6-3-9-1-4-10(5-2-9)12-15-7-8-16-12/h1-2,4-5,12H,3,6-8H2,(H2,13,14). The number of aryl methyl sites for hydroxylation is 1. The average molecular weight is 269 g/mol. The Labute approximate surface area is 111 Å². The molecule has 4 heteroatoms. The van der Waals surface area contributed by atoms with Crippen molar-refractivity contribution in [3.05, 3.63) is 35.4 Å². The third-order valence-corrected chi connectivity index (χ3v) is 5.84. The van der Waals surface area contributed by atoms with Crippen LogP contribution in [0.2, 0.25) is 0 Å². The highest BCUT2D eigenvalue weighted by atomic mass is 32.2. The number of rotatable bonds is 4. The van der Waals surface area contributed by atoms with E-state index in [4.69, 9.17) is 18.0 Å². The zero-order chi connectivity index (χ0) is 11.4. The van der Waals surface area contributed by atoms with Gasteiger partial charge in [0.25, 0.3) is 0 Å². The first-order chi connectivity index (χ1) is 7.75. The van der Waals surface area contributed by atoms with E-state index in [0.29, 0.717) is 9.57 Å². The number of thiocarbonyl (C=S) groups is 1. The molecule has 0 aliphatic carbocycles. The topological polar surface area (TPSA) is 26.0 Å². The summed E-state index contributed by atoms with van der Waals surface area (Å²) in [5.74, 6) is 2.55. The molecular weight excluding hydrogens is 254 g/mol. The normalized spacial score (nSPS) is 16.5. The summed E-state index contributed by atoms with van der Waals surface area (Å²) in [6, 6.07) is 8.88. The van der Waals surface area contributed by atoms with Crippen molar-refractivity contribution in [1.82, 2.24) is 0 Å². The van der Waals surface area contributed by atoms with Gasteiger partial charge in [-0.3, -0.25) is 0 Å². The third kappa shape index (κ3) is 3.40. The molecule has 1 fully saturated rings. The van der Waals surface area contributed by atoms with Crippen molar-refractivity contribution in [1.29, 1.82) is 0 Å². The fourth-order valence-corrected chi connectivity index (χ4v) is 4.62. The highest BCUT2D eigenvalue weighted by Crippen LogP contribution is 2.45. The van der Waals surface area contributed by atoms with Crippen LogP contribution in [0.5, 0.6) is 0 Å². The molecular formula is C12H15NS3. The van der Waals surface area contributed by atoms with Crippen LogP contribution in [0.25, 0.3) is 0 Å². The SMILES string of the molecule is NC(=S)CCc1ccc(C2SCCS2)cc1. The van der Waals surface area contributed by atoms with Gasteiger partial charge in [-0.25, -0.2) is 0 Å². The maximum absolute atomic E-state index is 5.49. The second-order valence-corrected chi connectivity index (χ2v) is 7.03. The molecule has 0 spiro atoms. The predicted octanol–water partition coefficient (Wildman–Crippen LogP) is 3.38. The first-order valence-corrected chi connectivity index (χ1v) is 7.86. The van der Waals surface area contributed by atoms with Crippen molar-refractivity contribution in [3.63, 3.8) is 0 Å². The van der Waals surface area contributed by atoms with Crippen molar-refractivity contribution >= 4 is 40.7 Å². The number of thioether (sulfide) groups is 2. The Morgan fingerprint density at radius 1 is 1.25 bits per heavy atom. The molecule has 0 radical (unpaired) electrons. The van der Waals surface area contributed by atoms with E-state index in [1.165, 1.54) is 22.6 Å². The molecule has 1 aliphatic rings. The smallest absolute Gasteiger partial charge is 0.0751 e. The summed E-state index contributed by atoms with van der Waals surface area (Å²) in [7, 11) is 0. The molecule has 1 aliphatic heterocycles. The maximum Gasteiger partial charge on any atom is 0.0751 e.